The second-order valence-corrected chi connectivity index (χ2v) is 15.4. The van der Waals surface area contributed by atoms with E-state index in [1.165, 1.54) is 81.8 Å². The number of aromatic nitrogens is 2. The standard InChI is InChI=1S/C22H20ClF4N3O4.C21H17ClF4N4O3/c23-17-11-16(5-6-18(17)24)30(21(33)29-7-9-34-10-8-29)13-14-1-3-15(4-2-14)19(31)12-28-20(32)22(25,26)27;22-16-11-15(5-6-17(16)23)30(20(31)29-7-9-32-10-8-29)12-13-1-3-14(4-2-13)18-27-28-19(33-18)21(24,25)26/h1-6,11H,7-10,12-13H2,(H,28,32);1-6,11H,7-10,12H2. The Morgan fingerprint density at radius 2 is 1.09 bits per heavy atom. The highest BCUT2D eigenvalue weighted by atomic mass is 35.5. The molecule has 0 radical (unpaired) electrons. The van der Waals surface area contributed by atoms with Crippen molar-refractivity contribution < 1.29 is 68.2 Å². The van der Waals surface area contributed by atoms with Crippen LogP contribution in [0.4, 0.5) is 56.1 Å². The zero-order chi connectivity index (χ0) is 48.5. The van der Waals surface area contributed by atoms with Gasteiger partial charge in [-0.1, -0.05) is 59.6 Å². The number of carbonyl (C=O) groups excluding carboxylic acids is 4. The number of rotatable bonds is 10. The van der Waals surface area contributed by atoms with Gasteiger partial charge in [0.15, 0.2) is 5.78 Å². The SMILES string of the molecule is O=C(CNC(=O)C(F)(F)F)c1ccc(CN(C(=O)N2CCOCC2)c2ccc(F)c(Cl)c2)cc1.O=C(N1CCOCC1)N(Cc1ccc(-c2nnc(C(F)(F)F)o2)cc1)c1ccc(F)c(Cl)c1. The third-order valence-corrected chi connectivity index (χ3v) is 10.5. The highest BCUT2D eigenvalue weighted by Crippen LogP contribution is 2.32. The van der Waals surface area contributed by atoms with Crippen LogP contribution in [0.2, 0.25) is 10.0 Å². The number of halogens is 10. The van der Waals surface area contributed by atoms with Gasteiger partial charge in [0.2, 0.25) is 5.89 Å². The van der Waals surface area contributed by atoms with Crippen molar-refractivity contribution in [1.29, 1.82) is 0 Å². The first-order chi connectivity index (χ1) is 31.8. The van der Waals surface area contributed by atoms with Gasteiger partial charge in [0.1, 0.15) is 11.6 Å². The zero-order valence-corrected chi connectivity index (χ0v) is 36.2. The van der Waals surface area contributed by atoms with Crippen molar-refractivity contribution in [2.24, 2.45) is 0 Å². The first-order valence-corrected chi connectivity index (χ1v) is 20.7. The van der Waals surface area contributed by atoms with Crippen molar-refractivity contribution >= 4 is 58.3 Å². The van der Waals surface area contributed by atoms with Crippen LogP contribution >= 0.6 is 23.2 Å². The molecule has 0 saturated carbocycles. The lowest BCUT2D eigenvalue weighted by Gasteiger charge is -2.33. The van der Waals surface area contributed by atoms with Crippen molar-refractivity contribution in [3.63, 3.8) is 0 Å². The second-order valence-electron chi connectivity index (χ2n) is 14.5. The molecule has 356 valence electrons. The molecule has 0 atom stereocenters. The molecular weight excluding hydrogens is 949 g/mol. The van der Waals surface area contributed by atoms with E-state index < -0.39 is 48.1 Å². The zero-order valence-electron chi connectivity index (χ0n) is 34.7. The van der Waals surface area contributed by atoms with E-state index in [1.807, 2.05) is 0 Å². The molecule has 7 rings (SSSR count). The summed E-state index contributed by atoms with van der Waals surface area (Å²) in [7, 11) is 0. The van der Waals surface area contributed by atoms with Crippen molar-refractivity contribution in [3.8, 4) is 11.5 Å². The smallest absolute Gasteiger partial charge is 0.413 e. The minimum Gasteiger partial charge on any atom is -0.413 e. The van der Waals surface area contributed by atoms with E-state index in [2.05, 4.69) is 14.6 Å². The summed E-state index contributed by atoms with van der Waals surface area (Å²) < 4.78 is 117. The van der Waals surface area contributed by atoms with Crippen molar-refractivity contribution in [2.75, 3.05) is 69.0 Å². The van der Waals surface area contributed by atoms with Crippen molar-refractivity contribution in [2.45, 2.75) is 25.4 Å². The molecule has 1 aromatic heterocycles. The van der Waals surface area contributed by atoms with Crippen molar-refractivity contribution in [3.05, 3.63) is 129 Å². The van der Waals surface area contributed by atoms with Gasteiger partial charge in [-0.2, -0.15) is 26.3 Å². The number of urea groups is 2. The number of hydrogen-bond acceptors (Lipinski definition) is 9. The van der Waals surface area contributed by atoms with E-state index in [-0.39, 0.29) is 52.2 Å². The minimum atomic E-state index is -5.08. The minimum absolute atomic E-state index is 0.0530. The Kier molecular flexibility index (Phi) is 16.4. The van der Waals surface area contributed by atoms with E-state index in [1.54, 1.807) is 21.9 Å². The third-order valence-electron chi connectivity index (χ3n) is 9.95. The summed E-state index contributed by atoms with van der Waals surface area (Å²) in [6.45, 7) is 2.48. The molecule has 2 fully saturated rings. The lowest BCUT2D eigenvalue weighted by Crippen LogP contribution is -2.48. The number of nitrogens with one attached hydrogen (secondary N) is 1. The number of carbonyl (C=O) groups is 4. The molecule has 2 saturated heterocycles. The Morgan fingerprint density at radius 1 is 0.642 bits per heavy atom. The Bertz CT molecular complexity index is 2540. The number of ketones is 1. The van der Waals surface area contributed by atoms with Crippen LogP contribution in [-0.2, 0) is 33.5 Å². The van der Waals surface area contributed by atoms with Gasteiger partial charge in [0.05, 0.1) is 56.1 Å². The van der Waals surface area contributed by atoms with Crippen LogP contribution in [-0.4, -0.2) is 109 Å². The summed E-state index contributed by atoms with van der Waals surface area (Å²) in [6.07, 6.45) is -9.81. The normalized spacial score (nSPS) is 14.2. The van der Waals surface area contributed by atoms with Crippen LogP contribution in [0.5, 0.6) is 0 Å². The quantitative estimate of drug-likeness (QED) is 0.107. The Balaban J connectivity index is 0.000000221. The largest absolute Gasteiger partial charge is 0.471 e. The summed E-state index contributed by atoms with van der Waals surface area (Å²) in [5.41, 5.74) is 2.39. The number of Topliss-reactive ketones (excluding diaryl/α,β-unsaturated/α-hetero) is 1. The highest BCUT2D eigenvalue weighted by Gasteiger charge is 2.39. The molecule has 2 aliphatic rings. The molecule has 0 spiro atoms. The van der Waals surface area contributed by atoms with Crippen LogP contribution in [0.25, 0.3) is 11.5 Å². The molecule has 5 amide bonds. The highest BCUT2D eigenvalue weighted by molar-refractivity contribution is 6.31. The fourth-order valence-corrected chi connectivity index (χ4v) is 6.78. The van der Waals surface area contributed by atoms with E-state index >= 15 is 0 Å². The molecule has 24 heteroatoms. The number of anilines is 2. The molecule has 1 N–H and O–H groups in total. The molecule has 5 aromatic rings. The monoisotopic (exact) mass is 985 g/mol. The van der Waals surface area contributed by atoms with Gasteiger partial charge in [-0.3, -0.25) is 19.4 Å². The summed E-state index contributed by atoms with van der Waals surface area (Å²) in [5, 5.41) is 7.69. The summed E-state index contributed by atoms with van der Waals surface area (Å²) in [4.78, 5) is 55.4. The number of morpholine rings is 2. The topological polar surface area (TPSA) is 151 Å². The molecule has 4 aromatic carbocycles. The fraction of sp³-hybridized carbons (Fsp3) is 0.302. The summed E-state index contributed by atoms with van der Waals surface area (Å²) >= 11 is 11.8. The van der Waals surface area contributed by atoms with Crippen LogP contribution in [0.3, 0.4) is 0 Å². The maximum atomic E-state index is 13.7. The van der Waals surface area contributed by atoms with Gasteiger partial charge in [0.25, 0.3) is 0 Å². The molecule has 0 bridgehead atoms. The van der Waals surface area contributed by atoms with E-state index in [4.69, 9.17) is 32.7 Å². The van der Waals surface area contributed by atoms with Gasteiger partial charge in [-0.05, 0) is 59.7 Å². The van der Waals surface area contributed by atoms with Gasteiger partial charge in [0, 0.05) is 48.7 Å². The van der Waals surface area contributed by atoms with Gasteiger partial charge in [-0.15, -0.1) is 10.2 Å². The van der Waals surface area contributed by atoms with E-state index in [0.717, 1.165) is 6.07 Å². The van der Waals surface area contributed by atoms with Crippen LogP contribution in [0, 0.1) is 11.6 Å². The fourth-order valence-electron chi connectivity index (χ4n) is 6.43. The molecule has 0 unspecified atom stereocenters. The molecule has 14 nitrogen and oxygen atoms in total. The maximum absolute atomic E-state index is 13.7. The molecule has 67 heavy (non-hydrogen) atoms. The average Bonchev–Trinajstić information content (AvgIpc) is 3.83. The molecule has 3 heterocycles. The maximum Gasteiger partial charge on any atom is 0.471 e. The van der Waals surface area contributed by atoms with Gasteiger partial charge in [-0.25, -0.2) is 18.4 Å². The number of benzene rings is 4. The number of nitrogens with zero attached hydrogens (tertiary/aromatic N) is 6. The summed E-state index contributed by atoms with van der Waals surface area (Å²) in [6, 6.07) is 19.3. The molecular formula is C43H37Cl2F8N7O7. The number of amides is 5. The molecule has 2 aliphatic heterocycles. The van der Waals surface area contributed by atoms with Crippen LogP contribution in [0.15, 0.2) is 89.3 Å². The Morgan fingerprint density at radius 3 is 1.49 bits per heavy atom. The van der Waals surface area contributed by atoms with E-state index in [0.29, 0.717) is 75.1 Å². The van der Waals surface area contributed by atoms with Crippen LogP contribution < -0.4 is 15.1 Å². The predicted molar refractivity (Wildman–Crippen MR) is 225 cm³/mol. The molecule has 0 aliphatic carbocycles. The van der Waals surface area contributed by atoms with Crippen molar-refractivity contribution in [1.82, 2.24) is 25.3 Å². The first-order valence-electron chi connectivity index (χ1n) is 19.9. The summed E-state index contributed by atoms with van der Waals surface area (Å²) in [5.74, 6) is -5.87. The number of hydrogen-bond donors (Lipinski definition) is 1. The van der Waals surface area contributed by atoms with Crippen LogP contribution in [0.1, 0.15) is 27.4 Å². The van der Waals surface area contributed by atoms with Gasteiger partial charge < -0.3 is 29.0 Å². The van der Waals surface area contributed by atoms with E-state index in [9.17, 15) is 54.3 Å². The predicted octanol–water partition coefficient (Wildman–Crippen LogP) is 8.81. The number of alkyl halides is 6. The lowest BCUT2D eigenvalue weighted by atomic mass is 10.1. The second kappa shape index (κ2) is 22.0. The van der Waals surface area contributed by atoms with Gasteiger partial charge >= 0.3 is 36.2 Å². The Hall–Kier alpha value is -6.36. The lowest BCUT2D eigenvalue weighted by molar-refractivity contribution is -0.173. The average molecular weight is 987 g/mol. The Labute approximate surface area is 385 Å². The first kappa shape index (κ1) is 50.1. The number of ether oxygens (including phenoxy) is 2. The third kappa shape index (κ3) is 13.4.